The van der Waals surface area contributed by atoms with Crippen molar-refractivity contribution in [3.63, 3.8) is 0 Å². The van der Waals surface area contributed by atoms with E-state index in [0.29, 0.717) is 0 Å². The van der Waals surface area contributed by atoms with E-state index in [1.807, 2.05) is 13.1 Å². The van der Waals surface area contributed by atoms with Crippen LogP contribution in [0.3, 0.4) is 0 Å². The van der Waals surface area contributed by atoms with Crippen molar-refractivity contribution in [1.82, 2.24) is 4.90 Å². The number of hydrogen-bond acceptors (Lipinski definition) is 3. The molecule has 172 valence electrons. The Morgan fingerprint density at radius 1 is 0.724 bits per heavy atom. The fourth-order valence-electron chi connectivity index (χ4n) is 4.52. The van der Waals surface area contributed by atoms with Gasteiger partial charge in [-0.3, -0.25) is 9.89 Å². The standard InChI is InChI=1S/C26H52N2O/c1-3-4-5-6-7-8-9-10-11-12-13-14-15-16-17-18-19-20-21-22-26-27-23-24-28(26)25(2)29/h23,25-26,29H,3-22,24H2,1-2H3. The Labute approximate surface area is 182 Å². The van der Waals surface area contributed by atoms with Crippen LogP contribution in [-0.2, 0) is 0 Å². The van der Waals surface area contributed by atoms with E-state index in [-0.39, 0.29) is 12.4 Å². The lowest BCUT2D eigenvalue weighted by Gasteiger charge is -2.25. The molecule has 29 heavy (non-hydrogen) atoms. The van der Waals surface area contributed by atoms with Crippen molar-refractivity contribution in [2.24, 2.45) is 4.99 Å². The van der Waals surface area contributed by atoms with Gasteiger partial charge in [-0.15, -0.1) is 0 Å². The molecule has 1 aliphatic heterocycles. The van der Waals surface area contributed by atoms with Crippen molar-refractivity contribution in [2.45, 2.75) is 155 Å². The van der Waals surface area contributed by atoms with Gasteiger partial charge in [0.15, 0.2) is 0 Å². The van der Waals surface area contributed by atoms with Crippen LogP contribution in [0.25, 0.3) is 0 Å². The Hall–Kier alpha value is -0.410. The first-order chi connectivity index (χ1) is 14.3. The van der Waals surface area contributed by atoms with Gasteiger partial charge >= 0.3 is 0 Å². The molecule has 1 aliphatic rings. The van der Waals surface area contributed by atoms with Crippen molar-refractivity contribution in [2.75, 3.05) is 6.54 Å². The van der Waals surface area contributed by atoms with Crippen LogP contribution in [0.4, 0.5) is 0 Å². The summed E-state index contributed by atoms with van der Waals surface area (Å²) in [6, 6.07) is 0. The molecule has 1 heterocycles. The molecule has 0 aromatic heterocycles. The lowest BCUT2D eigenvalue weighted by Crippen LogP contribution is -2.37. The van der Waals surface area contributed by atoms with Crippen molar-refractivity contribution >= 4 is 6.21 Å². The molecule has 0 spiro atoms. The lowest BCUT2D eigenvalue weighted by molar-refractivity contribution is 0.00710. The molecule has 0 amide bonds. The second-order valence-electron chi connectivity index (χ2n) is 9.29. The van der Waals surface area contributed by atoms with Gasteiger partial charge in [0.25, 0.3) is 0 Å². The molecule has 0 aromatic rings. The van der Waals surface area contributed by atoms with Gasteiger partial charge in [-0.1, -0.05) is 122 Å². The second kappa shape index (κ2) is 19.5. The van der Waals surface area contributed by atoms with Gasteiger partial charge in [0.1, 0.15) is 12.4 Å². The van der Waals surface area contributed by atoms with Gasteiger partial charge in [-0.2, -0.15) is 0 Å². The number of aliphatic imine (C=N–C) groups is 1. The Morgan fingerprint density at radius 3 is 1.48 bits per heavy atom. The molecule has 1 N–H and O–H groups in total. The molecule has 3 nitrogen and oxygen atoms in total. The van der Waals surface area contributed by atoms with Crippen molar-refractivity contribution in [3.05, 3.63) is 0 Å². The molecule has 0 aliphatic carbocycles. The van der Waals surface area contributed by atoms with E-state index in [4.69, 9.17) is 0 Å². The molecule has 0 fully saturated rings. The summed E-state index contributed by atoms with van der Waals surface area (Å²) in [4.78, 5) is 6.57. The van der Waals surface area contributed by atoms with E-state index in [2.05, 4.69) is 16.8 Å². The molecule has 0 saturated carbocycles. The van der Waals surface area contributed by atoms with E-state index >= 15 is 0 Å². The van der Waals surface area contributed by atoms with Crippen molar-refractivity contribution in [3.8, 4) is 0 Å². The SMILES string of the molecule is CCCCCCCCCCCCCCCCCCCCCC1N=CCN1C(C)O. The zero-order valence-electron chi connectivity index (χ0n) is 19.9. The number of aliphatic hydroxyl groups excluding tert-OH is 1. The highest BCUT2D eigenvalue weighted by atomic mass is 16.3. The van der Waals surface area contributed by atoms with Crippen LogP contribution in [0, 0.1) is 0 Å². The molecule has 0 aromatic carbocycles. The summed E-state index contributed by atoms with van der Waals surface area (Å²) in [7, 11) is 0. The summed E-state index contributed by atoms with van der Waals surface area (Å²) in [5, 5.41) is 9.73. The minimum absolute atomic E-state index is 0.223. The topological polar surface area (TPSA) is 35.8 Å². The first-order valence-electron chi connectivity index (χ1n) is 13.2. The van der Waals surface area contributed by atoms with Crippen LogP contribution >= 0.6 is 0 Å². The van der Waals surface area contributed by atoms with Gasteiger partial charge in [-0.05, 0) is 19.8 Å². The maximum absolute atomic E-state index is 9.73. The van der Waals surface area contributed by atoms with Crippen LogP contribution in [0.2, 0.25) is 0 Å². The van der Waals surface area contributed by atoms with Gasteiger partial charge in [-0.25, -0.2) is 0 Å². The normalized spacial score (nSPS) is 18.0. The van der Waals surface area contributed by atoms with Gasteiger partial charge < -0.3 is 5.11 Å². The second-order valence-corrected chi connectivity index (χ2v) is 9.29. The predicted octanol–water partition coefficient (Wildman–Crippen LogP) is 7.86. The molecule has 2 atom stereocenters. The maximum Gasteiger partial charge on any atom is 0.106 e. The van der Waals surface area contributed by atoms with Crippen LogP contribution in [0.15, 0.2) is 4.99 Å². The molecule has 1 rings (SSSR count). The van der Waals surface area contributed by atoms with E-state index in [1.165, 1.54) is 122 Å². The Bertz CT molecular complexity index is 370. The Kier molecular flexibility index (Phi) is 17.9. The summed E-state index contributed by atoms with van der Waals surface area (Å²) in [5.74, 6) is 0. The number of unbranched alkanes of at least 4 members (excludes halogenated alkanes) is 18. The highest BCUT2D eigenvalue weighted by Gasteiger charge is 2.23. The van der Waals surface area contributed by atoms with Crippen LogP contribution in [-0.4, -0.2) is 35.2 Å². The maximum atomic E-state index is 9.73. The minimum Gasteiger partial charge on any atom is -0.379 e. The fourth-order valence-corrected chi connectivity index (χ4v) is 4.52. The number of hydrogen-bond donors (Lipinski definition) is 1. The first kappa shape index (κ1) is 26.6. The summed E-state index contributed by atoms with van der Waals surface area (Å²) in [5.41, 5.74) is 0. The van der Waals surface area contributed by atoms with Crippen LogP contribution in [0.1, 0.15) is 142 Å². The first-order valence-corrected chi connectivity index (χ1v) is 13.2. The summed E-state index contributed by atoms with van der Waals surface area (Å²) < 4.78 is 0. The number of nitrogens with zero attached hydrogens (tertiary/aromatic N) is 2. The highest BCUT2D eigenvalue weighted by Crippen LogP contribution is 2.18. The third-order valence-corrected chi connectivity index (χ3v) is 6.50. The molecule has 0 radical (unpaired) electrons. The molecular formula is C26H52N2O. The van der Waals surface area contributed by atoms with Gasteiger partial charge in [0.05, 0.1) is 0 Å². The van der Waals surface area contributed by atoms with Gasteiger partial charge in [0, 0.05) is 12.8 Å². The third kappa shape index (κ3) is 15.1. The minimum atomic E-state index is -0.372. The van der Waals surface area contributed by atoms with E-state index in [0.717, 1.165) is 13.0 Å². The quantitative estimate of drug-likeness (QED) is 0.196. The molecular weight excluding hydrogens is 356 g/mol. The number of aliphatic hydroxyl groups is 1. The van der Waals surface area contributed by atoms with Gasteiger partial charge in [0.2, 0.25) is 0 Å². The summed E-state index contributed by atoms with van der Waals surface area (Å²) >= 11 is 0. The predicted molar refractivity (Wildman–Crippen MR) is 129 cm³/mol. The van der Waals surface area contributed by atoms with Crippen molar-refractivity contribution < 1.29 is 5.11 Å². The van der Waals surface area contributed by atoms with E-state index in [9.17, 15) is 5.11 Å². The zero-order chi connectivity index (χ0) is 21.0. The lowest BCUT2D eigenvalue weighted by atomic mass is 10.0. The summed E-state index contributed by atoms with van der Waals surface area (Å²) in [6.07, 6.45) is 29.9. The highest BCUT2D eigenvalue weighted by molar-refractivity contribution is 5.62. The Morgan fingerprint density at radius 2 is 1.10 bits per heavy atom. The summed E-state index contributed by atoms with van der Waals surface area (Å²) in [6.45, 7) is 4.95. The molecule has 3 heteroatoms. The van der Waals surface area contributed by atoms with Crippen LogP contribution < -0.4 is 0 Å². The number of rotatable bonds is 21. The smallest absolute Gasteiger partial charge is 0.106 e. The van der Waals surface area contributed by atoms with E-state index in [1.54, 1.807) is 0 Å². The molecule has 0 saturated heterocycles. The average molecular weight is 409 g/mol. The largest absolute Gasteiger partial charge is 0.379 e. The average Bonchev–Trinajstić information content (AvgIpc) is 3.18. The molecule has 2 unspecified atom stereocenters. The van der Waals surface area contributed by atoms with Crippen molar-refractivity contribution in [1.29, 1.82) is 0 Å². The fraction of sp³-hybridized carbons (Fsp3) is 0.962. The van der Waals surface area contributed by atoms with Crippen LogP contribution in [0.5, 0.6) is 0 Å². The van der Waals surface area contributed by atoms with E-state index < -0.39 is 0 Å². The zero-order valence-corrected chi connectivity index (χ0v) is 19.9. The monoisotopic (exact) mass is 408 g/mol. The molecule has 0 bridgehead atoms. The third-order valence-electron chi connectivity index (χ3n) is 6.50. The Balaban J connectivity index is 1.72.